The van der Waals surface area contributed by atoms with Crippen LogP contribution in [0.5, 0.6) is 0 Å². The van der Waals surface area contributed by atoms with Gasteiger partial charge in [0.15, 0.2) is 5.65 Å². The summed E-state index contributed by atoms with van der Waals surface area (Å²) >= 11 is 0. The van der Waals surface area contributed by atoms with Gasteiger partial charge in [-0.3, -0.25) is 0 Å². The van der Waals surface area contributed by atoms with Gasteiger partial charge in [-0.05, 0) is 43.5 Å². The lowest BCUT2D eigenvalue weighted by molar-refractivity contribution is 0.641. The van der Waals surface area contributed by atoms with Gasteiger partial charge in [0, 0.05) is 35.6 Å². The fourth-order valence-electron chi connectivity index (χ4n) is 4.46. The van der Waals surface area contributed by atoms with Crippen LogP contribution in [0.25, 0.3) is 49.5 Å². The minimum Gasteiger partial charge on any atom is -0.437 e. The summed E-state index contributed by atoms with van der Waals surface area (Å²) in [5.41, 5.74) is 3.83. The van der Waals surface area contributed by atoms with Crippen LogP contribution < -0.4 is 10.6 Å². The molecule has 152 valence electrons. The Labute approximate surface area is 177 Å². The number of anilines is 1. The monoisotopic (exact) mass is 408 g/mol. The lowest BCUT2D eigenvalue weighted by atomic mass is 10.1. The van der Waals surface area contributed by atoms with E-state index in [0.717, 1.165) is 51.4 Å². The fraction of sp³-hybridized carbons (Fsp3) is 0.160. The molecule has 31 heavy (non-hydrogen) atoms. The van der Waals surface area contributed by atoms with Crippen LogP contribution in [0, 0.1) is 0 Å². The second-order valence-corrected chi connectivity index (χ2v) is 7.68. The number of fused-ring (bicyclic) bond motifs is 8. The van der Waals surface area contributed by atoms with E-state index >= 15 is 0 Å². The van der Waals surface area contributed by atoms with Crippen molar-refractivity contribution >= 4 is 55.2 Å². The average Bonchev–Trinajstić information content (AvgIpc) is 3.20. The van der Waals surface area contributed by atoms with Crippen LogP contribution in [0.1, 0.15) is 13.8 Å². The Morgan fingerprint density at radius 1 is 0.903 bits per heavy atom. The molecular formula is C25H20N4O2. The van der Waals surface area contributed by atoms with Gasteiger partial charge >= 0.3 is 5.69 Å². The van der Waals surface area contributed by atoms with Crippen LogP contribution in [0.3, 0.4) is 0 Å². The average molecular weight is 408 g/mol. The van der Waals surface area contributed by atoms with E-state index in [1.807, 2.05) is 54.6 Å². The van der Waals surface area contributed by atoms with E-state index in [1.165, 1.54) is 0 Å². The first-order chi connectivity index (χ1) is 15.2. The van der Waals surface area contributed by atoms with Crippen LogP contribution in [0.15, 0.2) is 69.9 Å². The van der Waals surface area contributed by atoms with E-state index in [9.17, 15) is 4.79 Å². The smallest absolute Gasteiger partial charge is 0.357 e. The molecule has 3 aromatic heterocycles. The van der Waals surface area contributed by atoms with Gasteiger partial charge in [-0.1, -0.05) is 30.3 Å². The van der Waals surface area contributed by atoms with Crippen molar-refractivity contribution < 1.29 is 4.42 Å². The third-order valence-corrected chi connectivity index (χ3v) is 6.04. The summed E-state index contributed by atoms with van der Waals surface area (Å²) in [7, 11) is 0. The SMILES string of the molecule is CCN(CC)c1ccc2cc3c(nc(=O)n4c5ccc6ccccc6c5nc34)oc2c1. The van der Waals surface area contributed by atoms with Gasteiger partial charge < -0.3 is 9.32 Å². The summed E-state index contributed by atoms with van der Waals surface area (Å²) in [6, 6.07) is 20.2. The fourth-order valence-corrected chi connectivity index (χ4v) is 4.46. The van der Waals surface area contributed by atoms with E-state index in [1.54, 1.807) is 4.40 Å². The van der Waals surface area contributed by atoms with Crippen molar-refractivity contribution in [3.05, 3.63) is 71.1 Å². The molecular weight excluding hydrogens is 388 g/mol. The number of aromatic nitrogens is 3. The normalized spacial score (nSPS) is 11.9. The first-order valence-electron chi connectivity index (χ1n) is 10.5. The van der Waals surface area contributed by atoms with Crippen LogP contribution in [-0.4, -0.2) is 27.5 Å². The minimum absolute atomic E-state index is 0.307. The Hall–Kier alpha value is -3.93. The summed E-state index contributed by atoms with van der Waals surface area (Å²) in [4.78, 5) is 24.3. The molecule has 0 spiro atoms. The number of hydrogen-bond donors (Lipinski definition) is 0. The lowest BCUT2D eigenvalue weighted by Gasteiger charge is -2.21. The van der Waals surface area contributed by atoms with Gasteiger partial charge in [0.2, 0.25) is 5.71 Å². The van der Waals surface area contributed by atoms with E-state index < -0.39 is 0 Å². The molecule has 0 bridgehead atoms. The topological polar surface area (TPSA) is 63.6 Å². The lowest BCUT2D eigenvalue weighted by Crippen LogP contribution is -2.21. The summed E-state index contributed by atoms with van der Waals surface area (Å²) < 4.78 is 7.69. The van der Waals surface area contributed by atoms with E-state index in [0.29, 0.717) is 16.9 Å². The van der Waals surface area contributed by atoms with Gasteiger partial charge in [0.1, 0.15) is 5.58 Å². The molecule has 0 aliphatic rings. The van der Waals surface area contributed by atoms with Crippen molar-refractivity contribution in [1.82, 2.24) is 14.4 Å². The Balaban J connectivity index is 1.70. The molecule has 0 amide bonds. The molecule has 6 heteroatoms. The summed E-state index contributed by atoms with van der Waals surface area (Å²) in [5.74, 6) is 0. The number of benzene rings is 3. The molecule has 0 saturated heterocycles. The predicted octanol–water partition coefficient (Wildman–Crippen LogP) is 5.14. The second kappa shape index (κ2) is 6.54. The van der Waals surface area contributed by atoms with Crippen LogP contribution in [0.2, 0.25) is 0 Å². The van der Waals surface area contributed by atoms with Gasteiger partial charge in [-0.2, -0.15) is 4.98 Å². The molecule has 0 aliphatic carbocycles. The maximum absolute atomic E-state index is 13.0. The van der Waals surface area contributed by atoms with Crippen LogP contribution in [0.4, 0.5) is 5.69 Å². The van der Waals surface area contributed by atoms with Crippen molar-refractivity contribution in [1.29, 1.82) is 0 Å². The molecule has 0 N–H and O–H groups in total. The molecule has 0 fully saturated rings. The summed E-state index contributed by atoms with van der Waals surface area (Å²) in [6.07, 6.45) is 0. The molecule has 0 radical (unpaired) electrons. The number of rotatable bonds is 3. The van der Waals surface area contributed by atoms with Crippen molar-refractivity contribution in [2.75, 3.05) is 18.0 Å². The standard InChI is InChI=1S/C25H20N4O2/c1-3-28(4-2)17-11-9-16-13-19-23-26-22-18-8-6-5-7-15(18)10-12-20(22)29(23)25(30)27-24(19)31-21(16)14-17/h5-14H,3-4H2,1-2H3. The molecule has 0 saturated carbocycles. The minimum atomic E-state index is -0.386. The highest BCUT2D eigenvalue weighted by atomic mass is 16.3. The highest BCUT2D eigenvalue weighted by molar-refractivity contribution is 6.08. The van der Waals surface area contributed by atoms with Crippen molar-refractivity contribution in [2.45, 2.75) is 13.8 Å². The molecule has 3 aromatic carbocycles. The van der Waals surface area contributed by atoms with Crippen molar-refractivity contribution in [2.24, 2.45) is 0 Å². The molecule has 0 aliphatic heterocycles. The third kappa shape index (κ3) is 2.54. The number of imidazole rings is 1. The number of hydrogen-bond acceptors (Lipinski definition) is 5. The molecule has 6 rings (SSSR count). The van der Waals surface area contributed by atoms with E-state index in [2.05, 4.69) is 29.8 Å². The highest BCUT2D eigenvalue weighted by Gasteiger charge is 2.16. The molecule has 6 nitrogen and oxygen atoms in total. The first-order valence-corrected chi connectivity index (χ1v) is 10.5. The molecule has 3 heterocycles. The zero-order valence-electron chi connectivity index (χ0n) is 17.3. The van der Waals surface area contributed by atoms with Crippen LogP contribution in [-0.2, 0) is 0 Å². The highest BCUT2D eigenvalue weighted by Crippen LogP contribution is 2.30. The van der Waals surface area contributed by atoms with Gasteiger partial charge in [-0.25, -0.2) is 14.2 Å². The maximum Gasteiger partial charge on any atom is 0.357 e. The Morgan fingerprint density at radius 2 is 1.71 bits per heavy atom. The summed E-state index contributed by atoms with van der Waals surface area (Å²) in [5, 5.41) is 3.77. The number of nitrogens with zero attached hydrogens (tertiary/aromatic N) is 4. The zero-order chi connectivity index (χ0) is 21.1. The van der Waals surface area contributed by atoms with Gasteiger partial charge in [0.05, 0.1) is 16.4 Å². The third-order valence-electron chi connectivity index (χ3n) is 6.04. The predicted molar refractivity (Wildman–Crippen MR) is 125 cm³/mol. The quantitative estimate of drug-likeness (QED) is 0.379. The first kappa shape index (κ1) is 17.9. The largest absolute Gasteiger partial charge is 0.437 e. The summed E-state index contributed by atoms with van der Waals surface area (Å²) in [6.45, 7) is 6.07. The molecule has 6 aromatic rings. The maximum atomic E-state index is 13.0. The van der Waals surface area contributed by atoms with Crippen molar-refractivity contribution in [3.8, 4) is 0 Å². The van der Waals surface area contributed by atoms with Gasteiger partial charge in [0.25, 0.3) is 0 Å². The van der Waals surface area contributed by atoms with Gasteiger partial charge in [-0.15, -0.1) is 0 Å². The second-order valence-electron chi connectivity index (χ2n) is 7.68. The van der Waals surface area contributed by atoms with E-state index in [-0.39, 0.29) is 5.69 Å². The van der Waals surface area contributed by atoms with E-state index in [4.69, 9.17) is 9.40 Å². The van der Waals surface area contributed by atoms with Crippen LogP contribution >= 0.6 is 0 Å². The Kier molecular flexibility index (Phi) is 3.77. The zero-order valence-corrected chi connectivity index (χ0v) is 17.3. The Morgan fingerprint density at radius 3 is 2.55 bits per heavy atom. The Bertz CT molecular complexity index is 1690. The van der Waals surface area contributed by atoms with Crippen molar-refractivity contribution in [3.63, 3.8) is 0 Å². The molecule has 0 unspecified atom stereocenters. The molecule has 0 atom stereocenters.